The Morgan fingerprint density at radius 3 is 3.21 bits per heavy atom. The summed E-state index contributed by atoms with van der Waals surface area (Å²) >= 11 is 0. The number of hydrogen-bond donors (Lipinski definition) is 2. The first-order chi connectivity index (χ1) is 6.74. The third-order valence-electron chi connectivity index (χ3n) is 2.21. The van der Waals surface area contributed by atoms with Crippen molar-refractivity contribution in [3.8, 4) is 0 Å². The standard InChI is InChI=1S/C9H10N2O3/c1-14-9(13)6-7-5(11-8(6)12)3-2-4-10-7/h2-4,6,8,11-12H,1H3. The molecule has 2 atom stereocenters. The number of aliphatic hydroxyl groups is 1. The number of anilines is 1. The summed E-state index contributed by atoms with van der Waals surface area (Å²) < 4.78 is 4.58. The van der Waals surface area contributed by atoms with Gasteiger partial charge in [-0.2, -0.15) is 0 Å². The van der Waals surface area contributed by atoms with Crippen molar-refractivity contribution in [2.75, 3.05) is 12.4 Å². The number of hydrogen-bond acceptors (Lipinski definition) is 5. The van der Waals surface area contributed by atoms with E-state index in [-0.39, 0.29) is 0 Å². The Kier molecular flexibility index (Phi) is 2.09. The molecule has 0 amide bonds. The molecule has 0 bridgehead atoms. The second-order valence-corrected chi connectivity index (χ2v) is 3.03. The third kappa shape index (κ3) is 1.22. The fourth-order valence-corrected chi connectivity index (χ4v) is 1.55. The van der Waals surface area contributed by atoms with Gasteiger partial charge in [0.2, 0.25) is 0 Å². The maximum atomic E-state index is 11.3. The number of aliphatic hydroxyl groups excluding tert-OH is 1. The van der Waals surface area contributed by atoms with E-state index in [0.29, 0.717) is 11.4 Å². The fraction of sp³-hybridized carbons (Fsp3) is 0.333. The van der Waals surface area contributed by atoms with Crippen LogP contribution in [0.4, 0.5) is 5.69 Å². The fourth-order valence-electron chi connectivity index (χ4n) is 1.55. The van der Waals surface area contributed by atoms with E-state index in [1.165, 1.54) is 7.11 Å². The molecule has 5 heteroatoms. The summed E-state index contributed by atoms with van der Waals surface area (Å²) in [6.45, 7) is 0. The molecular weight excluding hydrogens is 184 g/mol. The molecule has 2 N–H and O–H groups in total. The molecule has 5 nitrogen and oxygen atoms in total. The van der Waals surface area contributed by atoms with Crippen LogP contribution < -0.4 is 5.32 Å². The van der Waals surface area contributed by atoms with Crippen LogP contribution in [-0.4, -0.2) is 29.4 Å². The summed E-state index contributed by atoms with van der Waals surface area (Å²) in [5.74, 6) is -1.21. The Morgan fingerprint density at radius 1 is 1.71 bits per heavy atom. The quantitative estimate of drug-likeness (QED) is 0.619. The van der Waals surface area contributed by atoms with Gasteiger partial charge >= 0.3 is 5.97 Å². The van der Waals surface area contributed by atoms with E-state index < -0.39 is 18.1 Å². The molecule has 1 aromatic rings. The van der Waals surface area contributed by atoms with Gasteiger partial charge in [0.15, 0.2) is 0 Å². The van der Waals surface area contributed by atoms with E-state index in [4.69, 9.17) is 0 Å². The molecule has 74 valence electrons. The highest BCUT2D eigenvalue weighted by atomic mass is 16.5. The van der Waals surface area contributed by atoms with Crippen molar-refractivity contribution >= 4 is 11.7 Å². The highest BCUT2D eigenvalue weighted by Gasteiger charge is 2.38. The molecule has 0 saturated carbocycles. The summed E-state index contributed by atoms with van der Waals surface area (Å²) in [6, 6.07) is 3.49. The minimum absolute atomic E-state index is 0.484. The molecule has 1 aliphatic rings. The smallest absolute Gasteiger partial charge is 0.319 e. The average molecular weight is 194 g/mol. The molecule has 0 saturated heterocycles. The van der Waals surface area contributed by atoms with Crippen molar-refractivity contribution in [2.45, 2.75) is 12.1 Å². The number of nitrogens with zero attached hydrogens (tertiary/aromatic N) is 1. The number of rotatable bonds is 1. The van der Waals surface area contributed by atoms with Gasteiger partial charge < -0.3 is 15.2 Å². The van der Waals surface area contributed by atoms with E-state index >= 15 is 0 Å². The number of aromatic nitrogens is 1. The van der Waals surface area contributed by atoms with Crippen LogP contribution in [0.15, 0.2) is 18.3 Å². The Balaban J connectivity index is 2.39. The van der Waals surface area contributed by atoms with Crippen molar-refractivity contribution < 1.29 is 14.6 Å². The first-order valence-electron chi connectivity index (χ1n) is 4.21. The van der Waals surface area contributed by atoms with Gasteiger partial charge in [0.05, 0.1) is 18.5 Å². The summed E-state index contributed by atoms with van der Waals surface area (Å²) in [5.41, 5.74) is 1.21. The maximum absolute atomic E-state index is 11.3. The number of pyridine rings is 1. The van der Waals surface area contributed by atoms with E-state index in [1.54, 1.807) is 18.3 Å². The molecule has 0 spiro atoms. The minimum Gasteiger partial charge on any atom is -0.468 e. The largest absolute Gasteiger partial charge is 0.468 e. The summed E-state index contributed by atoms with van der Waals surface area (Å²) in [4.78, 5) is 15.4. The third-order valence-corrected chi connectivity index (χ3v) is 2.21. The molecule has 1 aliphatic heterocycles. The maximum Gasteiger partial charge on any atom is 0.319 e. The normalized spacial score (nSPS) is 23.9. The van der Waals surface area contributed by atoms with Crippen LogP contribution >= 0.6 is 0 Å². The second kappa shape index (κ2) is 3.26. The lowest BCUT2D eigenvalue weighted by Gasteiger charge is -2.10. The molecule has 1 aromatic heterocycles. The van der Waals surface area contributed by atoms with Crippen molar-refractivity contribution in [2.24, 2.45) is 0 Å². The molecule has 0 aromatic carbocycles. The Labute approximate surface area is 80.7 Å². The van der Waals surface area contributed by atoms with Crippen LogP contribution in [0.3, 0.4) is 0 Å². The molecule has 14 heavy (non-hydrogen) atoms. The molecule has 0 fully saturated rings. The molecule has 0 aliphatic carbocycles. The predicted molar refractivity (Wildman–Crippen MR) is 48.6 cm³/mol. The lowest BCUT2D eigenvalue weighted by atomic mass is 10.1. The lowest BCUT2D eigenvalue weighted by Crippen LogP contribution is -2.27. The van der Waals surface area contributed by atoms with Crippen molar-refractivity contribution in [3.05, 3.63) is 24.0 Å². The van der Waals surface area contributed by atoms with E-state index in [1.807, 2.05) is 0 Å². The molecule has 2 heterocycles. The second-order valence-electron chi connectivity index (χ2n) is 3.03. The predicted octanol–water partition coefficient (Wildman–Crippen LogP) is 0.0821. The first kappa shape index (κ1) is 8.96. The zero-order valence-corrected chi connectivity index (χ0v) is 7.60. The number of carbonyl (C=O) groups excluding carboxylic acids is 1. The Bertz CT molecular complexity index is 367. The van der Waals surface area contributed by atoms with Gasteiger partial charge in [-0.1, -0.05) is 0 Å². The number of fused-ring (bicyclic) bond motifs is 1. The van der Waals surface area contributed by atoms with Crippen LogP contribution in [-0.2, 0) is 9.53 Å². The van der Waals surface area contributed by atoms with E-state index in [2.05, 4.69) is 15.0 Å². The molecule has 2 rings (SSSR count). The van der Waals surface area contributed by atoms with Crippen LogP contribution in [0.5, 0.6) is 0 Å². The zero-order valence-electron chi connectivity index (χ0n) is 7.60. The van der Waals surface area contributed by atoms with Crippen LogP contribution in [0.1, 0.15) is 11.6 Å². The van der Waals surface area contributed by atoms with Gasteiger partial charge in [-0.15, -0.1) is 0 Å². The Morgan fingerprint density at radius 2 is 2.50 bits per heavy atom. The van der Waals surface area contributed by atoms with Crippen molar-refractivity contribution in [1.82, 2.24) is 4.98 Å². The van der Waals surface area contributed by atoms with Crippen LogP contribution in [0, 0.1) is 0 Å². The van der Waals surface area contributed by atoms with Gasteiger partial charge in [0.25, 0.3) is 0 Å². The monoisotopic (exact) mass is 194 g/mol. The van der Waals surface area contributed by atoms with Gasteiger partial charge in [0, 0.05) is 6.20 Å². The number of esters is 1. The molecular formula is C9H10N2O3. The van der Waals surface area contributed by atoms with E-state index in [9.17, 15) is 9.90 Å². The summed E-state index contributed by atoms with van der Waals surface area (Å²) in [7, 11) is 1.29. The van der Waals surface area contributed by atoms with Crippen molar-refractivity contribution in [1.29, 1.82) is 0 Å². The van der Waals surface area contributed by atoms with Crippen molar-refractivity contribution in [3.63, 3.8) is 0 Å². The summed E-state index contributed by atoms with van der Waals surface area (Å²) in [6.07, 6.45) is 0.626. The number of carbonyl (C=O) groups is 1. The first-order valence-corrected chi connectivity index (χ1v) is 4.21. The topological polar surface area (TPSA) is 71.5 Å². The summed E-state index contributed by atoms with van der Waals surface area (Å²) in [5, 5.41) is 12.3. The Hall–Kier alpha value is -1.62. The number of ether oxygens (including phenoxy) is 1. The highest BCUT2D eigenvalue weighted by Crippen LogP contribution is 2.33. The lowest BCUT2D eigenvalue weighted by molar-refractivity contribution is -0.144. The SMILES string of the molecule is COC(=O)C1c2ncccc2NC1O. The molecule has 2 unspecified atom stereocenters. The number of nitrogens with one attached hydrogen (secondary N) is 1. The van der Waals surface area contributed by atoms with Gasteiger partial charge in [-0.3, -0.25) is 9.78 Å². The highest BCUT2D eigenvalue weighted by molar-refractivity contribution is 5.83. The van der Waals surface area contributed by atoms with Gasteiger partial charge in [-0.25, -0.2) is 0 Å². The van der Waals surface area contributed by atoms with Crippen LogP contribution in [0.2, 0.25) is 0 Å². The average Bonchev–Trinajstić information content (AvgIpc) is 2.53. The van der Waals surface area contributed by atoms with E-state index in [0.717, 1.165) is 0 Å². The molecule has 0 radical (unpaired) electrons. The van der Waals surface area contributed by atoms with Gasteiger partial charge in [-0.05, 0) is 12.1 Å². The van der Waals surface area contributed by atoms with Gasteiger partial charge in [0.1, 0.15) is 12.1 Å². The number of methoxy groups -OCH3 is 1. The minimum atomic E-state index is -0.952. The van der Waals surface area contributed by atoms with Crippen LogP contribution in [0.25, 0.3) is 0 Å². The zero-order chi connectivity index (χ0) is 10.1.